The lowest BCUT2D eigenvalue weighted by Gasteiger charge is -2.30. The summed E-state index contributed by atoms with van der Waals surface area (Å²) >= 11 is 5.76. The van der Waals surface area contributed by atoms with Gasteiger partial charge < -0.3 is 20.9 Å². The summed E-state index contributed by atoms with van der Waals surface area (Å²) in [6.07, 6.45) is 3.45. The molecule has 1 saturated carbocycles. The first kappa shape index (κ1) is 22.1. The van der Waals surface area contributed by atoms with Crippen LogP contribution in [0, 0.1) is 5.82 Å². The summed E-state index contributed by atoms with van der Waals surface area (Å²) < 4.78 is 13.3. The molecule has 168 valence electrons. The number of benzene rings is 2. The van der Waals surface area contributed by atoms with Crippen molar-refractivity contribution in [3.05, 3.63) is 53.3 Å². The lowest BCUT2D eigenvalue weighted by molar-refractivity contribution is 0.243. The predicted molar refractivity (Wildman–Crippen MR) is 127 cm³/mol. The number of fused-ring (bicyclic) bond motifs is 1. The molecule has 4 rings (SSSR count). The number of urea groups is 1. The van der Waals surface area contributed by atoms with Gasteiger partial charge in [0.15, 0.2) is 0 Å². The highest BCUT2D eigenvalue weighted by Crippen LogP contribution is 2.26. The van der Waals surface area contributed by atoms with Crippen molar-refractivity contribution >= 4 is 46.0 Å². The Morgan fingerprint density at radius 1 is 1.06 bits per heavy atom. The number of nitrogens with one attached hydrogen (secondary N) is 3. The minimum atomic E-state index is -0.517. The fourth-order valence-corrected chi connectivity index (χ4v) is 4.14. The number of hydrogen-bond donors (Lipinski definition) is 3. The molecule has 1 fully saturated rings. The van der Waals surface area contributed by atoms with Gasteiger partial charge in [-0.15, -0.1) is 0 Å². The summed E-state index contributed by atoms with van der Waals surface area (Å²) in [5.41, 5.74) is 1.36. The molecule has 9 heteroatoms. The van der Waals surface area contributed by atoms with Crippen molar-refractivity contribution in [2.75, 3.05) is 29.6 Å². The largest absolute Gasteiger partial charge is 0.362 e. The van der Waals surface area contributed by atoms with Gasteiger partial charge in [0.05, 0.1) is 10.5 Å². The summed E-state index contributed by atoms with van der Waals surface area (Å²) in [7, 11) is 3.95. The number of rotatable bonds is 5. The fraction of sp³-hybridized carbons (Fsp3) is 0.348. The number of aromatic nitrogens is 2. The molecule has 0 atom stereocenters. The highest BCUT2D eigenvalue weighted by molar-refractivity contribution is 6.31. The topological polar surface area (TPSA) is 82.2 Å². The van der Waals surface area contributed by atoms with Crippen LogP contribution < -0.4 is 20.9 Å². The van der Waals surface area contributed by atoms with E-state index in [0.29, 0.717) is 11.6 Å². The number of hydrogen-bond acceptors (Lipinski definition) is 5. The van der Waals surface area contributed by atoms with Crippen LogP contribution in [-0.2, 0) is 0 Å². The zero-order valence-corrected chi connectivity index (χ0v) is 18.8. The molecule has 2 aromatic carbocycles. The molecular formula is C23H26ClFN6O. The molecule has 2 amide bonds. The Labute approximate surface area is 191 Å². The third-order valence-corrected chi connectivity index (χ3v) is 5.87. The van der Waals surface area contributed by atoms with Gasteiger partial charge in [0.2, 0.25) is 5.95 Å². The van der Waals surface area contributed by atoms with Crippen LogP contribution in [0.15, 0.2) is 42.5 Å². The maximum Gasteiger partial charge on any atom is 0.319 e. The van der Waals surface area contributed by atoms with E-state index in [9.17, 15) is 9.18 Å². The Kier molecular flexibility index (Phi) is 6.60. The van der Waals surface area contributed by atoms with Gasteiger partial charge >= 0.3 is 6.03 Å². The van der Waals surface area contributed by atoms with Crippen molar-refractivity contribution in [3.8, 4) is 0 Å². The van der Waals surface area contributed by atoms with Crippen LogP contribution in [-0.4, -0.2) is 42.2 Å². The maximum absolute atomic E-state index is 13.3. The summed E-state index contributed by atoms with van der Waals surface area (Å²) in [4.78, 5) is 23.6. The molecule has 1 aliphatic carbocycles. The molecular weight excluding hydrogens is 431 g/mol. The van der Waals surface area contributed by atoms with Gasteiger partial charge in [-0.05, 0) is 56.0 Å². The van der Waals surface area contributed by atoms with Crippen molar-refractivity contribution in [3.63, 3.8) is 0 Å². The molecule has 0 unspecified atom stereocenters. The normalized spacial score (nSPS) is 18.2. The first-order valence-corrected chi connectivity index (χ1v) is 11.0. The molecule has 1 aliphatic rings. The third-order valence-electron chi connectivity index (χ3n) is 5.58. The third kappa shape index (κ3) is 5.19. The average Bonchev–Trinajstić information content (AvgIpc) is 2.77. The fourth-order valence-electron chi connectivity index (χ4n) is 3.96. The van der Waals surface area contributed by atoms with Crippen LogP contribution in [0.5, 0.6) is 0 Å². The van der Waals surface area contributed by atoms with E-state index >= 15 is 0 Å². The van der Waals surface area contributed by atoms with Gasteiger partial charge in [-0.25, -0.2) is 14.2 Å². The molecule has 0 spiro atoms. The van der Waals surface area contributed by atoms with Crippen LogP contribution >= 0.6 is 11.6 Å². The van der Waals surface area contributed by atoms with Crippen LogP contribution in [0.1, 0.15) is 25.7 Å². The SMILES string of the molecule is CN(C)c1nc(NC2CCC(NC(=O)Nc3ccc(F)c(Cl)c3)CC2)nc2ccccc12. The van der Waals surface area contributed by atoms with Gasteiger partial charge in [-0.2, -0.15) is 4.98 Å². The van der Waals surface area contributed by atoms with Gasteiger partial charge in [0.25, 0.3) is 0 Å². The number of carbonyl (C=O) groups excluding carboxylic acids is 1. The first-order valence-electron chi connectivity index (χ1n) is 10.6. The highest BCUT2D eigenvalue weighted by Gasteiger charge is 2.23. The molecule has 1 aromatic heterocycles. The zero-order valence-electron chi connectivity index (χ0n) is 18.0. The Balaban J connectivity index is 1.32. The molecule has 3 aromatic rings. The van der Waals surface area contributed by atoms with Crippen molar-refractivity contribution in [1.29, 1.82) is 0 Å². The molecule has 0 bridgehead atoms. The Morgan fingerprint density at radius 2 is 1.78 bits per heavy atom. The van der Waals surface area contributed by atoms with E-state index in [4.69, 9.17) is 16.6 Å². The van der Waals surface area contributed by atoms with Crippen LogP contribution in [0.2, 0.25) is 5.02 Å². The summed E-state index contributed by atoms with van der Waals surface area (Å²) in [5.74, 6) is 0.984. The van der Waals surface area contributed by atoms with Crippen LogP contribution in [0.25, 0.3) is 10.9 Å². The van der Waals surface area contributed by atoms with Gasteiger partial charge in [0.1, 0.15) is 11.6 Å². The molecule has 1 heterocycles. The van der Waals surface area contributed by atoms with Gasteiger partial charge in [0, 0.05) is 37.3 Å². The highest BCUT2D eigenvalue weighted by atomic mass is 35.5. The lowest BCUT2D eigenvalue weighted by atomic mass is 9.91. The second-order valence-electron chi connectivity index (χ2n) is 8.20. The second-order valence-corrected chi connectivity index (χ2v) is 8.61. The van der Waals surface area contributed by atoms with E-state index in [2.05, 4.69) is 20.9 Å². The first-order chi connectivity index (χ1) is 15.4. The monoisotopic (exact) mass is 456 g/mol. The second kappa shape index (κ2) is 9.56. The maximum atomic E-state index is 13.3. The van der Waals surface area contributed by atoms with E-state index in [1.807, 2.05) is 43.3 Å². The number of para-hydroxylation sites is 1. The van der Waals surface area contributed by atoms with E-state index in [0.717, 1.165) is 42.4 Å². The Hall–Kier alpha value is -3.13. The quantitative estimate of drug-likeness (QED) is 0.501. The minimum absolute atomic E-state index is 0.0253. The molecule has 0 aliphatic heterocycles. The predicted octanol–water partition coefficient (Wildman–Crippen LogP) is 5.03. The van der Waals surface area contributed by atoms with E-state index in [1.165, 1.54) is 18.2 Å². The molecule has 0 radical (unpaired) electrons. The number of carbonyl (C=O) groups is 1. The molecule has 0 saturated heterocycles. The number of anilines is 3. The summed E-state index contributed by atoms with van der Waals surface area (Å²) in [6, 6.07) is 12.1. The standard InChI is InChI=1S/C23H26ClFN6O/c1-31(2)21-17-5-3-4-6-20(17)29-22(30-21)26-14-7-9-15(10-8-14)27-23(32)28-16-11-12-19(25)18(24)13-16/h3-6,11-15H,7-10H2,1-2H3,(H,26,29,30)(H2,27,28,32). The van der Waals surface area contributed by atoms with E-state index < -0.39 is 5.82 Å². The van der Waals surface area contributed by atoms with Crippen LogP contribution in [0.4, 0.5) is 26.6 Å². The molecule has 3 N–H and O–H groups in total. The van der Waals surface area contributed by atoms with Gasteiger partial charge in [-0.3, -0.25) is 0 Å². The summed E-state index contributed by atoms with van der Waals surface area (Å²) in [6.45, 7) is 0. The van der Waals surface area contributed by atoms with E-state index in [1.54, 1.807) is 0 Å². The number of nitrogens with zero attached hydrogens (tertiary/aromatic N) is 3. The number of amides is 2. The lowest BCUT2D eigenvalue weighted by Crippen LogP contribution is -2.42. The van der Waals surface area contributed by atoms with Crippen molar-refractivity contribution in [2.24, 2.45) is 0 Å². The molecule has 7 nitrogen and oxygen atoms in total. The van der Waals surface area contributed by atoms with Crippen LogP contribution in [0.3, 0.4) is 0 Å². The van der Waals surface area contributed by atoms with E-state index in [-0.39, 0.29) is 23.1 Å². The van der Waals surface area contributed by atoms with Crippen molar-refractivity contribution < 1.29 is 9.18 Å². The molecule has 32 heavy (non-hydrogen) atoms. The smallest absolute Gasteiger partial charge is 0.319 e. The number of halogens is 2. The van der Waals surface area contributed by atoms with Crippen molar-refractivity contribution in [1.82, 2.24) is 15.3 Å². The zero-order chi connectivity index (χ0) is 22.7. The minimum Gasteiger partial charge on any atom is -0.362 e. The summed E-state index contributed by atoms with van der Waals surface area (Å²) in [5, 5.41) is 10.1. The Bertz CT molecular complexity index is 1120. The Morgan fingerprint density at radius 3 is 2.50 bits per heavy atom. The average molecular weight is 457 g/mol. The van der Waals surface area contributed by atoms with Crippen molar-refractivity contribution in [2.45, 2.75) is 37.8 Å². The van der Waals surface area contributed by atoms with Gasteiger partial charge in [-0.1, -0.05) is 23.7 Å².